The topological polar surface area (TPSA) is 75.3 Å². The van der Waals surface area contributed by atoms with E-state index < -0.39 is 5.97 Å². The molecule has 0 aliphatic rings. The van der Waals surface area contributed by atoms with E-state index in [0.29, 0.717) is 10.9 Å². The van der Waals surface area contributed by atoms with Gasteiger partial charge in [0.25, 0.3) is 0 Å². The summed E-state index contributed by atoms with van der Waals surface area (Å²) in [5.74, 6) is -0.886. The van der Waals surface area contributed by atoms with E-state index in [1.54, 1.807) is 6.07 Å². The van der Waals surface area contributed by atoms with Crippen molar-refractivity contribution in [3.8, 4) is 0 Å². The molecule has 4 N–H and O–H groups in total. The van der Waals surface area contributed by atoms with Crippen LogP contribution >= 0.6 is 22.9 Å². The first-order chi connectivity index (χ1) is 6.58. The number of hydrogen-bond donors (Lipinski definition) is 3. The Morgan fingerprint density at radius 3 is 2.93 bits per heavy atom. The number of aliphatic carboxylic acids is 1. The maximum Gasteiger partial charge on any atom is 0.304 e. The van der Waals surface area contributed by atoms with Gasteiger partial charge in [-0.05, 0) is 12.1 Å². The van der Waals surface area contributed by atoms with E-state index in [1.807, 2.05) is 6.07 Å². The Labute approximate surface area is 90.7 Å². The molecule has 1 unspecified atom stereocenters. The lowest BCUT2D eigenvalue weighted by Gasteiger charge is -2.09. The Bertz CT molecular complexity index is 316. The summed E-state index contributed by atoms with van der Waals surface area (Å²) in [6.07, 6.45) is -0.0356. The van der Waals surface area contributed by atoms with E-state index >= 15 is 0 Å². The van der Waals surface area contributed by atoms with E-state index in [9.17, 15) is 4.79 Å². The lowest BCUT2D eigenvalue weighted by Crippen LogP contribution is -2.31. The van der Waals surface area contributed by atoms with Crippen LogP contribution in [0.1, 0.15) is 6.42 Å². The molecule has 0 amide bonds. The number of thiophene rings is 1. The maximum atomic E-state index is 10.3. The van der Waals surface area contributed by atoms with Crippen LogP contribution in [0.3, 0.4) is 0 Å². The maximum absolute atomic E-state index is 10.3. The van der Waals surface area contributed by atoms with E-state index in [4.69, 9.17) is 22.4 Å². The van der Waals surface area contributed by atoms with Crippen molar-refractivity contribution in [3.05, 3.63) is 16.5 Å². The summed E-state index contributed by atoms with van der Waals surface area (Å²) in [7, 11) is 0. The average molecular weight is 235 g/mol. The molecule has 0 bridgehead atoms. The first-order valence-corrected chi connectivity index (χ1v) is 5.24. The normalized spacial score (nSPS) is 12.4. The smallest absolute Gasteiger partial charge is 0.304 e. The fourth-order valence-electron chi connectivity index (χ4n) is 0.937. The lowest BCUT2D eigenvalue weighted by atomic mass is 10.2. The summed E-state index contributed by atoms with van der Waals surface area (Å²) >= 11 is 7.11. The fourth-order valence-corrected chi connectivity index (χ4v) is 1.89. The molecule has 0 spiro atoms. The minimum absolute atomic E-state index is 0.0356. The first-order valence-electron chi connectivity index (χ1n) is 4.04. The van der Waals surface area contributed by atoms with Crippen molar-refractivity contribution < 1.29 is 9.90 Å². The van der Waals surface area contributed by atoms with Gasteiger partial charge in [0.15, 0.2) is 0 Å². The average Bonchev–Trinajstić information content (AvgIpc) is 2.47. The fraction of sp³-hybridized carbons (Fsp3) is 0.375. The molecule has 0 fully saturated rings. The molecule has 0 saturated heterocycles. The molecular weight excluding hydrogens is 224 g/mol. The summed E-state index contributed by atoms with van der Waals surface area (Å²) in [6.45, 7) is 0.434. The second-order valence-electron chi connectivity index (χ2n) is 2.84. The SMILES string of the molecule is NC(CNc1ccc(Cl)s1)CC(=O)O. The monoisotopic (exact) mass is 234 g/mol. The van der Waals surface area contributed by atoms with Crippen molar-refractivity contribution in [2.24, 2.45) is 5.73 Å². The largest absolute Gasteiger partial charge is 0.481 e. The predicted octanol–water partition coefficient (Wildman–Crippen LogP) is 1.62. The van der Waals surface area contributed by atoms with Gasteiger partial charge in [-0.25, -0.2) is 0 Å². The third-order valence-electron chi connectivity index (χ3n) is 1.55. The van der Waals surface area contributed by atoms with Crippen molar-refractivity contribution >= 4 is 33.9 Å². The van der Waals surface area contributed by atoms with Gasteiger partial charge in [-0.15, -0.1) is 11.3 Å². The van der Waals surface area contributed by atoms with Crippen LogP contribution < -0.4 is 11.1 Å². The predicted molar refractivity (Wildman–Crippen MR) is 58.0 cm³/mol. The molecule has 14 heavy (non-hydrogen) atoms. The Kier molecular flexibility index (Phi) is 4.19. The standard InChI is InChI=1S/C8H11ClN2O2S/c9-6-1-2-7(14-6)11-4-5(10)3-8(12)13/h1-2,5,11H,3-4,10H2,(H,12,13). The minimum Gasteiger partial charge on any atom is -0.481 e. The number of nitrogens with two attached hydrogens (primary N) is 1. The number of hydrogen-bond acceptors (Lipinski definition) is 4. The van der Waals surface area contributed by atoms with Gasteiger partial charge in [0.1, 0.15) is 0 Å². The van der Waals surface area contributed by atoms with Crippen molar-refractivity contribution in [1.82, 2.24) is 0 Å². The quantitative estimate of drug-likeness (QED) is 0.724. The number of nitrogens with one attached hydrogen (secondary N) is 1. The highest BCUT2D eigenvalue weighted by Gasteiger charge is 2.07. The summed E-state index contributed by atoms with van der Waals surface area (Å²) in [6, 6.07) is 3.23. The van der Waals surface area contributed by atoms with Gasteiger partial charge < -0.3 is 16.2 Å². The van der Waals surface area contributed by atoms with Crippen LogP contribution in [0.5, 0.6) is 0 Å². The number of carbonyl (C=O) groups is 1. The molecule has 0 saturated carbocycles. The Balaban J connectivity index is 2.30. The molecule has 0 aliphatic heterocycles. The number of carboxylic acids is 1. The zero-order chi connectivity index (χ0) is 10.6. The van der Waals surface area contributed by atoms with Crippen molar-refractivity contribution in [2.45, 2.75) is 12.5 Å². The highest BCUT2D eigenvalue weighted by atomic mass is 35.5. The molecule has 1 aromatic rings. The summed E-state index contributed by atoms with van der Waals surface area (Å²) < 4.78 is 0.694. The van der Waals surface area contributed by atoms with E-state index in [0.717, 1.165) is 5.00 Å². The van der Waals surface area contributed by atoms with Crippen molar-refractivity contribution in [2.75, 3.05) is 11.9 Å². The number of halogens is 1. The van der Waals surface area contributed by atoms with Gasteiger partial charge in [0.2, 0.25) is 0 Å². The molecule has 1 rings (SSSR count). The molecule has 6 heteroatoms. The van der Waals surface area contributed by atoms with E-state index in [-0.39, 0.29) is 12.5 Å². The van der Waals surface area contributed by atoms with Gasteiger partial charge in [0, 0.05) is 12.6 Å². The minimum atomic E-state index is -0.886. The van der Waals surface area contributed by atoms with Gasteiger partial charge in [0.05, 0.1) is 15.8 Å². The van der Waals surface area contributed by atoms with Crippen molar-refractivity contribution in [1.29, 1.82) is 0 Å². The van der Waals surface area contributed by atoms with E-state index in [2.05, 4.69) is 5.32 Å². The molecule has 0 radical (unpaired) electrons. The molecule has 1 aromatic heterocycles. The Morgan fingerprint density at radius 2 is 2.43 bits per heavy atom. The number of rotatable bonds is 5. The van der Waals surface area contributed by atoms with Crippen LogP contribution in [-0.4, -0.2) is 23.7 Å². The van der Waals surface area contributed by atoms with Gasteiger partial charge >= 0.3 is 5.97 Å². The van der Waals surface area contributed by atoms with Crippen LogP contribution in [0.2, 0.25) is 4.34 Å². The van der Waals surface area contributed by atoms with Gasteiger partial charge in [-0.3, -0.25) is 4.79 Å². The van der Waals surface area contributed by atoms with Crippen LogP contribution in [-0.2, 0) is 4.79 Å². The summed E-state index contributed by atoms with van der Waals surface area (Å²) in [4.78, 5) is 10.3. The van der Waals surface area contributed by atoms with Gasteiger partial charge in [-0.2, -0.15) is 0 Å². The molecule has 4 nitrogen and oxygen atoms in total. The van der Waals surface area contributed by atoms with Crippen LogP contribution in [0.25, 0.3) is 0 Å². The summed E-state index contributed by atoms with van der Waals surface area (Å²) in [5, 5.41) is 12.4. The van der Waals surface area contributed by atoms with Gasteiger partial charge in [-0.1, -0.05) is 11.6 Å². The Hall–Kier alpha value is -0.780. The third kappa shape index (κ3) is 3.95. The lowest BCUT2D eigenvalue weighted by molar-refractivity contribution is -0.137. The zero-order valence-corrected chi connectivity index (χ0v) is 8.94. The highest BCUT2D eigenvalue weighted by Crippen LogP contribution is 2.25. The second-order valence-corrected chi connectivity index (χ2v) is 4.56. The molecule has 1 atom stereocenters. The third-order valence-corrected chi connectivity index (χ3v) is 2.74. The second kappa shape index (κ2) is 5.19. The Morgan fingerprint density at radius 1 is 1.71 bits per heavy atom. The van der Waals surface area contributed by atoms with Crippen LogP contribution in [0.15, 0.2) is 12.1 Å². The van der Waals surface area contributed by atoms with Crippen molar-refractivity contribution in [3.63, 3.8) is 0 Å². The molecule has 0 aliphatic carbocycles. The zero-order valence-electron chi connectivity index (χ0n) is 7.37. The highest BCUT2D eigenvalue weighted by molar-refractivity contribution is 7.19. The van der Waals surface area contributed by atoms with E-state index in [1.165, 1.54) is 11.3 Å². The number of anilines is 1. The molecule has 78 valence electrons. The molecule has 0 aromatic carbocycles. The molecular formula is C8H11ClN2O2S. The van der Waals surface area contributed by atoms with Crippen LogP contribution in [0.4, 0.5) is 5.00 Å². The van der Waals surface area contributed by atoms with Crippen LogP contribution in [0, 0.1) is 0 Å². The molecule has 1 heterocycles. The first kappa shape index (κ1) is 11.3. The summed E-state index contributed by atoms with van der Waals surface area (Å²) in [5.41, 5.74) is 5.56. The number of carboxylic acid groups (broad SMARTS) is 1.